The number of rotatable bonds is 7. The van der Waals surface area contributed by atoms with Crippen LogP contribution in [-0.4, -0.2) is 62.1 Å². The van der Waals surface area contributed by atoms with E-state index in [2.05, 4.69) is 33.0 Å². The molecule has 5 rings (SSSR count). The number of methoxy groups -OCH3 is 1. The number of hydrogen-bond acceptors (Lipinski definition) is 8. The van der Waals surface area contributed by atoms with Gasteiger partial charge in [0.05, 0.1) is 23.9 Å². The van der Waals surface area contributed by atoms with Crippen molar-refractivity contribution < 1.29 is 14.6 Å². The molecule has 3 aromatic heterocycles. The van der Waals surface area contributed by atoms with Crippen LogP contribution in [0.4, 0.5) is 17.3 Å². The second kappa shape index (κ2) is 9.55. The van der Waals surface area contributed by atoms with Crippen LogP contribution in [0.1, 0.15) is 61.8 Å². The van der Waals surface area contributed by atoms with Crippen molar-refractivity contribution in [2.75, 3.05) is 24.8 Å². The Morgan fingerprint density at radius 3 is 2.67 bits per heavy atom. The Balaban J connectivity index is 1.42. The van der Waals surface area contributed by atoms with Crippen molar-refractivity contribution in [3.63, 3.8) is 0 Å². The summed E-state index contributed by atoms with van der Waals surface area (Å²) < 4.78 is 8.97. The van der Waals surface area contributed by atoms with Crippen LogP contribution < -0.4 is 21.5 Å². The highest BCUT2D eigenvalue weighted by Crippen LogP contribution is 2.36. The molecule has 4 N–H and O–H groups in total. The summed E-state index contributed by atoms with van der Waals surface area (Å²) in [5.41, 5.74) is 0.785. The van der Waals surface area contributed by atoms with Gasteiger partial charge in [0.2, 0.25) is 0 Å². The molecule has 2 fully saturated rings. The molecule has 0 aromatic carbocycles. The smallest absolute Gasteiger partial charge is 0.274 e. The summed E-state index contributed by atoms with van der Waals surface area (Å²) >= 11 is 0. The second-order valence-corrected chi connectivity index (χ2v) is 9.94. The van der Waals surface area contributed by atoms with Gasteiger partial charge in [0.25, 0.3) is 11.5 Å². The minimum atomic E-state index is -0.526. The number of nitrogens with one attached hydrogen (secondary N) is 3. The first-order valence-corrected chi connectivity index (χ1v) is 12.4. The lowest BCUT2D eigenvalue weighted by Gasteiger charge is -2.36. The highest BCUT2D eigenvalue weighted by molar-refractivity contribution is 6.00. The minimum Gasteiger partial charge on any atom is -0.391 e. The molecule has 11 heteroatoms. The van der Waals surface area contributed by atoms with Gasteiger partial charge in [-0.2, -0.15) is 9.61 Å². The zero-order chi connectivity index (χ0) is 25.4. The highest BCUT2D eigenvalue weighted by atomic mass is 16.5. The maximum absolute atomic E-state index is 13.4. The fourth-order valence-electron chi connectivity index (χ4n) is 4.99. The maximum atomic E-state index is 13.4. The summed E-state index contributed by atoms with van der Waals surface area (Å²) in [5, 5.41) is 23.2. The van der Waals surface area contributed by atoms with Crippen LogP contribution in [0.25, 0.3) is 5.65 Å². The first kappa shape index (κ1) is 24.3. The lowest BCUT2D eigenvalue weighted by Crippen LogP contribution is -2.50. The summed E-state index contributed by atoms with van der Waals surface area (Å²) in [7, 11) is 3.49. The number of carbonyl (C=O) groups excluding carboxylic acids is 1. The quantitative estimate of drug-likeness (QED) is 0.393. The van der Waals surface area contributed by atoms with Crippen molar-refractivity contribution in [1.29, 1.82) is 0 Å². The normalized spacial score (nSPS) is 25.8. The van der Waals surface area contributed by atoms with Crippen molar-refractivity contribution in [2.24, 2.45) is 0 Å². The average Bonchev–Trinajstić information content (AvgIpc) is 3.32. The molecule has 2 atom stereocenters. The first-order chi connectivity index (χ1) is 17.3. The van der Waals surface area contributed by atoms with Gasteiger partial charge in [0, 0.05) is 32.5 Å². The number of ether oxygens (including phenoxy) is 1. The van der Waals surface area contributed by atoms with Gasteiger partial charge in [-0.3, -0.25) is 9.59 Å². The summed E-state index contributed by atoms with van der Waals surface area (Å²) in [5.74, 6) is 0.672. The Labute approximate surface area is 208 Å². The van der Waals surface area contributed by atoms with E-state index < -0.39 is 6.10 Å². The number of aliphatic hydroxyl groups excluding tert-OH is 1. The SMILES string of the molecule is CNc1cc(Nc2cccn([C@H]3CC[C@](C)(OC)CC3)c2=O)nc2c(C(=O)N[C@@H]3CC[C@@H]3O)cnn12. The van der Waals surface area contributed by atoms with E-state index in [1.54, 1.807) is 30.9 Å². The van der Waals surface area contributed by atoms with Gasteiger partial charge < -0.3 is 30.4 Å². The summed E-state index contributed by atoms with van der Waals surface area (Å²) in [4.78, 5) is 30.8. The topological polar surface area (TPSA) is 135 Å². The summed E-state index contributed by atoms with van der Waals surface area (Å²) in [6, 6.07) is 5.17. The van der Waals surface area contributed by atoms with Crippen LogP contribution >= 0.6 is 0 Å². The Morgan fingerprint density at radius 1 is 1.25 bits per heavy atom. The first-order valence-electron chi connectivity index (χ1n) is 12.4. The van der Waals surface area contributed by atoms with E-state index in [0.29, 0.717) is 35.0 Å². The van der Waals surface area contributed by atoms with Crippen molar-refractivity contribution >= 4 is 28.9 Å². The van der Waals surface area contributed by atoms with Crippen molar-refractivity contribution in [1.82, 2.24) is 24.5 Å². The number of carbonyl (C=O) groups is 1. The lowest BCUT2D eigenvalue weighted by molar-refractivity contribution is -0.0324. The Bertz CT molecular complexity index is 1330. The molecule has 0 radical (unpaired) electrons. The molecule has 11 nitrogen and oxygen atoms in total. The Kier molecular flexibility index (Phi) is 6.44. The monoisotopic (exact) mass is 495 g/mol. The van der Waals surface area contributed by atoms with Gasteiger partial charge in [-0.25, -0.2) is 4.98 Å². The third-order valence-corrected chi connectivity index (χ3v) is 7.66. The maximum Gasteiger partial charge on any atom is 0.274 e. The fourth-order valence-corrected chi connectivity index (χ4v) is 4.99. The predicted octanol–water partition coefficient (Wildman–Crippen LogP) is 2.45. The number of amides is 1. The molecule has 0 bridgehead atoms. The van der Waals surface area contributed by atoms with Gasteiger partial charge in [0.1, 0.15) is 22.9 Å². The van der Waals surface area contributed by atoms with E-state index in [0.717, 1.165) is 32.1 Å². The zero-order valence-electron chi connectivity index (χ0n) is 20.8. The number of anilines is 3. The van der Waals surface area contributed by atoms with Crippen LogP contribution in [0.5, 0.6) is 0 Å². The minimum absolute atomic E-state index is 0.109. The average molecular weight is 496 g/mol. The van der Waals surface area contributed by atoms with Gasteiger partial charge in [-0.1, -0.05) is 0 Å². The van der Waals surface area contributed by atoms with Crippen LogP contribution in [0.3, 0.4) is 0 Å². The molecule has 3 aromatic rings. The van der Waals surface area contributed by atoms with Gasteiger partial charge in [0.15, 0.2) is 5.65 Å². The number of aliphatic hydroxyl groups is 1. The molecule has 0 saturated heterocycles. The van der Waals surface area contributed by atoms with E-state index in [4.69, 9.17) is 4.74 Å². The van der Waals surface area contributed by atoms with Gasteiger partial charge in [-0.15, -0.1) is 0 Å². The number of hydrogen-bond donors (Lipinski definition) is 4. The lowest BCUT2D eigenvalue weighted by atomic mass is 9.83. The number of fused-ring (bicyclic) bond motifs is 1. The number of nitrogens with zero attached hydrogens (tertiary/aromatic N) is 4. The van der Waals surface area contributed by atoms with E-state index in [9.17, 15) is 14.7 Å². The molecule has 2 aliphatic carbocycles. The molecule has 36 heavy (non-hydrogen) atoms. The molecular weight excluding hydrogens is 462 g/mol. The zero-order valence-corrected chi connectivity index (χ0v) is 20.8. The molecule has 192 valence electrons. The van der Waals surface area contributed by atoms with E-state index in [1.165, 1.54) is 10.7 Å². The van der Waals surface area contributed by atoms with Gasteiger partial charge >= 0.3 is 0 Å². The largest absolute Gasteiger partial charge is 0.391 e. The van der Waals surface area contributed by atoms with Crippen molar-refractivity contribution in [3.8, 4) is 0 Å². The highest BCUT2D eigenvalue weighted by Gasteiger charge is 2.33. The Hall–Kier alpha value is -3.44. The van der Waals surface area contributed by atoms with Crippen LogP contribution in [0.2, 0.25) is 0 Å². The summed E-state index contributed by atoms with van der Waals surface area (Å²) in [6.45, 7) is 2.12. The molecule has 2 aliphatic rings. The van der Waals surface area contributed by atoms with Crippen molar-refractivity contribution in [3.05, 3.63) is 46.5 Å². The molecule has 0 unspecified atom stereocenters. The van der Waals surface area contributed by atoms with Crippen molar-refractivity contribution in [2.45, 2.75) is 69.2 Å². The molecule has 2 saturated carbocycles. The molecule has 0 spiro atoms. The van der Waals surface area contributed by atoms with E-state index in [1.807, 2.05) is 12.3 Å². The molecular formula is C25H33N7O4. The number of aromatic nitrogens is 4. The fraction of sp³-hybridized carbons (Fsp3) is 0.520. The van der Waals surface area contributed by atoms with Gasteiger partial charge in [-0.05, 0) is 57.6 Å². The standard InChI is InChI=1S/C25H33N7O4/c1-25(36-3)10-8-15(9-11-25)31-12-4-5-18(24(31)35)28-20-13-21(26-2)32-22(30-20)16(14-27-32)23(34)29-17-6-7-19(17)33/h4-5,12-15,17,19,26,33H,6-11H2,1-3H3,(H,28,30)(H,29,34)/t15-,17-,19+,25-/m1/s1. The number of pyridine rings is 1. The third-order valence-electron chi connectivity index (χ3n) is 7.66. The second-order valence-electron chi connectivity index (χ2n) is 9.94. The third kappa shape index (κ3) is 4.44. The molecule has 3 heterocycles. The summed E-state index contributed by atoms with van der Waals surface area (Å²) in [6.07, 6.45) is 7.70. The van der Waals surface area contributed by atoms with Crippen LogP contribution in [0, 0.1) is 0 Å². The predicted molar refractivity (Wildman–Crippen MR) is 136 cm³/mol. The van der Waals surface area contributed by atoms with Crippen LogP contribution in [-0.2, 0) is 4.74 Å². The Morgan fingerprint density at radius 2 is 2.03 bits per heavy atom. The van der Waals surface area contributed by atoms with E-state index in [-0.39, 0.29) is 29.2 Å². The van der Waals surface area contributed by atoms with E-state index >= 15 is 0 Å². The van der Waals surface area contributed by atoms with Crippen LogP contribution in [0.15, 0.2) is 35.4 Å². The molecule has 0 aliphatic heterocycles. The molecule has 1 amide bonds.